The minimum Gasteiger partial charge on any atom is -0.484 e. The van der Waals surface area contributed by atoms with Gasteiger partial charge in [-0.1, -0.05) is 0 Å². The molecule has 0 fully saturated rings. The fraction of sp³-hybridized carbons (Fsp3) is 0.111. The third-order valence-electron chi connectivity index (χ3n) is 3.94. The second-order valence-corrected chi connectivity index (χ2v) is 7.21. The van der Waals surface area contributed by atoms with E-state index in [4.69, 9.17) is 4.74 Å². The quantitative estimate of drug-likeness (QED) is 0.364. The minimum absolute atomic E-state index is 0.212. The maximum atomic E-state index is 11.5. The molecule has 29 heavy (non-hydrogen) atoms. The summed E-state index contributed by atoms with van der Waals surface area (Å²) in [5.41, 5.74) is 2.61. The zero-order valence-corrected chi connectivity index (χ0v) is 16.1. The molecule has 1 amide bonds. The lowest BCUT2D eigenvalue weighted by atomic mass is 10.2. The third kappa shape index (κ3) is 4.58. The Kier molecular flexibility index (Phi) is 5.20. The van der Waals surface area contributed by atoms with E-state index in [0.717, 1.165) is 22.2 Å². The summed E-state index contributed by atoms with van der Waals surface area (Å²) in [5, 5.41) is 18.1. The molecule has 1 atom stereocenters. The van der Waals surface area contributed by atoms with E-state index in [1.165, 1.54) is 6.26 Å². The molecule has 0 aliphatic rings. The molecule has 4 aromatic rings. The van der Waals surface area contributed by atoms with Gasteiger partial charge in [0, 0.05) is 22.9 Å². The topological polar surface area (TPSA) is 138 Å². The summed E-state index contributed by atoms with van der Waals surface area (Å²) in [4.78, 5) is 15.9. The summed E-state index contributed by atoms with van der Waals surface area (Å²) >= 11 is 0. The number of aromatic nitrogens is 5. The minimum atomic E-state index is -1.41. The first-order chi connectivity index (χ1) is 14.1. The molecule has 1 unspecified atom stereocenters. The van der Waals surface area contributed by atoms with Crippen LogP contribution in [-0.4, -0.2) is 48.4 Å². The monoisotopic (exact) mass is 411 g/mol. The number of nitrogens with one attached hydrogen (secondary N) is 4. The van der Waals surface area contributed by atoms with Crippen LogP contribution in [0.4, 0.5) is 11.6 Å². The van der Waals surface area contributed by atoms with Crippen molar-refractivity contribution in [2.45, 2.75) is 0 Å². The molecule has 2 heterocycles. The first-order valence-corrected chi connectivity index (χ1v) is 10.1. The summed E-state index contributed by atoms with van der Waals surface area (Å²) < 4.78 is 18.5. The standard InChI is InChI=1S/C18H17N7O3S/c1-29(27)25-16(26)10-28-14-5-2-11(3-6-14)17-21-18(24-23-17)20-13-4-7-15-12(8-13)9-19-22-15/h2-9H,10H2,1H3,(H,19,22)(H,25,26)(H2,20,21,23,24). The molecule has 0 bridgehead atoms. The van der Waals surface area contributed by atoms with Crippen LogP contribution in [0.1, 0.15) is 0 Å². The van der Waals surface area contributed by atoms with E-state index in [1.807, 2.05) is 18.2 Å². The highest BCUT2D eigenvalue weighted by Gasteiger charge is 2.08. The van der Waals surface area contributed by atoms with E-state index in [-0.39, 0.29) is 6.61 Å². The van der Waals surface area contributed by atoms with E-state index in [1.54, 1.807) is 30.5 Å². The predicted octanol–water partition coefficient (Wildman–Crippen LogP) is 1.88. The van der Waals surface area contributed by atoms with Crippen LogP contribution < -0.4 is 14.8 Å². The van der Waals surface area contributed by atoms with Crippen molar-refractivity contribution in [2.24, 2.45) is 0 Å². The molecule has 0 saturated carbocycles. The number of hydrogen-bond donors (Lipinski definition) is 4. The SMILES string of the molecule is CS(=O)NC(=O)COc1ccc(-c2nc(Nc3ccc4[nH]ncc4c3)n[nH]2)cc1. The Morgan fingerprint density at radius 1 is 1.17 bits per heavy atom. The Labute approximate surface area is 167 Å². The third-order valence-corrected chi connectivity index (χ3v) is 4.45. The Morgan fingerprint density at radius 2 is 2.00 bits per heavy atom. The molecule has 148 valence electrons. The number of ether oxygens (including phenoxy) is 1. The number of rotatable bonds is 7. The van der Waals surface area contributed by atoms with Gasteiger partial charge in [0.25, 0.3) is 5.91 Å². The first kappa shape index (κ1) is 18.6. The van der Waals surface area contributed by atoms with E-state index in [9.17, 15) is 9.00 Å². The van der Waals surface area contributed by atoms with Crippen molar-refractivity contribution in [3.8, 4) is 17.1 Å². The molecule has 0 saturated heterocycles. The molecular weight excluding hydrogens is 394 g/mol. The Hall–Kier alpha value is -3.73. The molecule has 4 rings (SSSR count). The largest absolute Gasteiger partial charge is 0.484 e. The number of carbonyl (C=O) groups is 1. The van der Waals surface area contributed by atoms with Crippen molar-refractivity contribution >= 4 is 39.4 Å². The maximum absolute atomic E-state index is 11.5. The van der Waals surface area contributed by atoms with E-state index >= 15 is 0 Å². The molecule has 11 heteroatoms. The molecule has 4 N–H and O–H groups in total. The number of H-pyrrole nitrogens is 2. The highest BCUT2D eigenvalue weighted by molar-refractivity contribution is 7.82. The zero-order chi connectivity index (χ0) is 20.2. The van der Waals surface area contributed by atoms with Crippen molar-refractivity contribution in [2.75, 3.05) is 18.2 Å². The Bertz CT molecular complexity index is 1170. The molecule has 0 radical (unpaired) electrons. The van der Waals surface area contributed by atoms with Crippen LogP contribution in [0.3, 0.4) is 0 Å². The van der Waals surface area contributed by atoms with Gasteiger partial charge in [-0.3, -0.25) is 19.7 Å². The normalized spacial score (nSPS) is 11.9. The number of nitrogens with zero attached hydrogens (tertiary/aromatic N) is 3. The summed E-state index contributed by atoms with van der Waals surface area (Å²) in [5.74, 6) is 1.08. The van der Waals surface area contributed by atoms with Crippen molar-refractivity contribution in [3.05, 3.63) is 48.7 Å². The fourth-order valence-corrected chi connectivity index (χ4v) is 3.02. The van der Waals surface area contributed by atoms with Gasteiger partial charge in [-0.15, -0.1) is 5.10 Å². The predicted molar refractivity (Wildman–Crippen MR) is 109 cm³/mol. The number of aromatic amines is 2. The van der Waals surface area contributed by atoms with Gasteiger partial charge in [-0.05, 0) is 42.5 Å². The summed E-state index contributed by atoms with van der Waals surface area (Å²) in [6.45, 7) is -0.212. The first-order valence-electron chi connectivity index (χ1n) is 8.55. The van der Waals surface area contributed by atoms with Crippen LogP contribution in [0, 0.1) is 0 Å². The molecule has 2 aromatic heterocycles. The molecular formula is C18H17N7O3S. The van der Waals surface area contributed by atoms with Gasteiger partial charge in [-0.25, -0.2) is 4.21 Å². The smallest absolute Gasteiger partial charge is 0.269 e. The summed E-state index contributed by atoms with van der Waals surface area (Å²) in [6.07, 6.45) is 3.13. The highest BCUT2D eigenvalue weighted by atomic mass is 32.2. The Morgan fingerprint density at radius 3 is 2.79 bits per heavy atom. The zero-order valence-electron chi connectivity index (χ0n) is 15.3. The van der Waals surface area contributed by atoms with Crippen LogP contribution in [0.5, 0.6) is 5.75 Å². The average molecular weight is 411 g/mol. The van der Waals surface area contributed by atoms with Crippen LogP contribution in [0.2, 0.25) is 0 Å². The van der Waals surface area contributed by atoms with E-state index < -0.39 is 16.9 Å². The number of amides is 1. The molecule has 0 spiro atoms. The van der Waals surface area contributed by atoms with Gasteiger partial charge in [0.05, 0.1) is 11.7 Å². The fourth-order valence-electron chi connectivity index (χ4n) is 2.64. The molecule has 2 aromatic carbocycles. The lowest BCUT2D eigenvalue weighted by Gasteiger charge is -2.06. The van der Waals surface area contributed by atoms with Gasteiger partial charge in [0.2, 0.25) is 5.95 Å². The number of carbonyl (C=O) groups excluding carboxylic acids is 1. The number of hydrogen-bond acceptors (Lipinski definition) is 7. The van der Waals surface area contributed by atoms with Crippen molar-refractivity contribution in [3.63, 3.8) is 0 Å². The van der Waals surface area contributed by atoms with E-state index in [2.05, 4.69) is 35.4 Å². The average Bonchev–Trinajstić information content (AvgIpc) is 3.35. The van der Waals surface area contributed by atoms with Crippen molar-refractivity contribution < 1.29 is 13.7 Å². The lowest BCUT2D eigenvalue weighted by Crippen LogP contribution is -2.29. The highest BCUT2D eigenvalue weighted by Crippen LogP contribution is 2.22. The molecule has 10 nitrogen and oxygen atoms in total. The summed E-state index contributed by atoms with van der Waals surface area (Å²) in [6, 6.07) is 12.8. The van der Waals surface area contributed by atoms with Gasteiger partial charge in [0.1, 0.15) is 16.7 Å². The Balaban J connectivity index is 1.39. The van der Waals surface area contributed by atoms with Gasteiger partial charge < -0.3 is 10.1 Å². The van der Waals surface area contributed by atoms with Crippen molar-refractivity contribution in [1.29, 1.82) is 0 Å². The maximum Gasteiger partial charge on any atom is 0.269 e. The second kappa shape index (κ2) is 8.10. The van der Waals surface area contributed by atoms with Gasteiger partial charge in [-0.2, -0.15) is 10.1 Å². The van der Waals surface area contributed by atoms with Crippen LogP contribution in [-0.2, 0) is 15.8 Å². The summed E-state index contributed by atoms with van der Waals surface area (Å²) in [7, 11) is -1.41. The van der Waals surface area contributed by atoms with E-state index in [0.29, 0.717) is 17.5 Å². The molecule has 0 aliphatic carbocycles. The second-order valence-electron chi connectivity index (χ2n) is 6.10. The van der Waals surface area contributed by atoms with Crippen LogP contribution in [0.15, 0.2) is 48.7 Å². The molecule has 0 aliphatic heterocycles. The van der Waals surface area contributed by atoms with Crippen LogP contribution in [0.25, 0.3) is 22.3 Å². The van der Waals surface area contributed by atoms with Gasteiger partial charge >= 0.3 is 0 Å². The van der Waals surface area contributed by atoms with Crippen molar-refractivity contribution in [1.82, 2.24) is 30.1 Å². The lowest BCUT2D eigenvalue weighted by molar-refractivity contribution is -0.121. The number of anilines is 2. The van der Waals surface area contributed by atoms with Crippen LogP contribution >= 0.6 is 0 Å². The van der Waals surface area contributed by atoms with Gasteiger partial charge in [0.15, 0.2) is 12.4 Å². The number of fused-ring (bicyclic) bond motifs is 1. The number of benzene rings is 2.